The zero-order valence-electron chi connectivity index (χ0n) is 14.4. The summed E-state index contributed by atoms with van der Waals surface area (Å²) < 4.78 is 1.62. The first kappa shape index (κ1) is 18.7. The van der Waals surface area contributed by atoms with Crippen molar-refractivity contribution in [3.8, 4) is 5.69 Å². The van der Waals surface area contributed by atoms with E-state index in [1.165, 1.54) is 0 Å². The van der Waals surface area contributed by atoms with Crippen molar-refractivity contribution in [3.05, 3.63) is 45.7 Å². The molecule has 2 heterocycles. The van der Waals surface area contributed by atoms with Crippen LogP contribution in [0.15, 0.2) is 24.3 Å². The Morgan fingerprint density at radius 2 is 1.92 bits per heavy atom. The highest BCUT2D eigenvalue weighted by Gasteiger charge is 2.33. The number of benzene rings is 1. The van der Waals surface area contributed by atoms with Crippen LogP contribution in [0.3, 0.4) is 0 Å². The Kier molecular flexibility index (Phi) is 5.25. The summed E-state index contributed by atoms with van der Waals surface area (Å²) in [7, 11) is 0. The fraction of sp³-hybridized carbons (Fsp3) is 0.389. The third-order valence-corrected chi connectivity index (χ3v) is 5.29. The maximum atomic E-state index is 12.8. The molecule has 3 rings (SSSR count). The van der Waals surface area contributed by atoms with Crippen LogP contribution in [0.4, 0.5) is 0 Å². The van der Waals surface area contributed by atoms with Gasteiger partial charge in [-0.3, -0.25) is 9.59 Å². The Hall–Kier alpha value is -2.05. The molecule has 1 aromatic heterocycles. The molecule has 26 heavy (non-hydrogen) atoms. The standard InChI is InChI=1S/C18H19Cl2N3O3/c1-10-5-12(18(25)26)9-22(8-10)17(24)16-6-11(2)23(21-16)13-3-4-14(19)15(20)7-13/h3-4,6-7,10,12H,5,8-9H2,1-2H3,(H,25,26). The molecule has 2 atom stereocenters. The van der Waals surface area contributed by atoms with Gasteiger partial charge in [0.1, 0.15) is 0 Å². The van der Waals surface area contributed by atoms with Gasteiger partial charge in [-0.05, 0) is 43.5 Å². The van der Waals surface area contributed by atoms with Gasteiger partial charge in [0.25, 0.3) is 5.91 Å². The number of carbonyl (C=O) groups is 2. The second-order valence-corrected chi connectivity index (χ2v) is 7.58. The number of carboxylic acid groups (broad SMARTS) is 1. The first-order chi connectivity index (χ1) is 12.3. The van der Waals surface area contributed by atoms with Crippen LogP contribution in [0, 0.1) is 18.8 Å². The van der Waals surface area contributed by atoms with Gasteiger partial charge in [-0.25, -0.2) is 4.68 Å². The number of aromatic nitrogens is 2. The number of amides is 1. The van der Waals surface area contributed by atoms with E-state index in [1.54, 1.807) is 33.8 Å². The van der Waals surface area contributed by atoms with Crippen LogP contribution in [-0.4, -0.2) is 44.8 Å². The van der Waals surface area contributed by atoms with Gasteiger partial charge in [-0.15, -0.1) is 0 Å². The van der Waals surface area contributed by atoms with Gasteiger partial charge in [-0.2, -0.15) is 5.10 Å². The number of rotatable bonds is 3. The molecule has 0 spiro atoms. The van der Waals surface area contributed by atoms with Crippen LogP contribution >= 0.6 is 23.2 Å². The van der Waals surface area contributed by atoms with E-state index in [-0.39, 0.29) is 24.1 Å². The number of halogens is 2. The minimum Gasteiger partial charge on any atom is -0.481 e. The number of carboxylic acids is 1. The third kappa shape index (κ3) is 3.71. The second-order valence-electron chi connectivity index (χ2n) is 6.77. The van der Waals surface area contributed by atoms with E-state index < -0.39 is 11.9 Å². The number of aryl methyl sites for hydroxylation is 1. The average Bonchev–Trinajstić information content (AvgIpc) is 2.98. The Morgan fingerprint density at radius 1 is 1.19 bits per heavy atom. The van der Waals surface area contributed by atoms with E-state index in [0.717, 1.165) is 5.69 Å². The average molecular weight is 396 g/mol. The van der Waals surface area contributed by atoms with Gasteiger partial charge in [0.05, 0.1) is 21.7 Å². The SMILES string of the molecule is Cc1cc(C(=O)N2CC(C)CC(C(=O)O)C2)nn1-c1ccc(Cl)c(Cl)c1. The minimum absolute atomic E-state index is 0.132. The molecule has 0 radical (unpaired) electrons. The predicted molar refractivity (Wildman–Crippen MR) is 99.1 cm³/mol. The normalized spacial score (nSPS) is 20.2. The lowest BCUT2D eigenvalue weighted by Crippen LogP contribution is -2.45. The summed E-state index contributed by atoms with van der Waals surface area (Å²) in [5.74, 6) is -1.54. The molecule has 8 heteroatoms. The first-order valence-electron chi connectivity index (χ1n) is 8.30. The van der Waals surface area contributed by atoms with Gasteiger partial charge in [0.2, 0.25) is 0 Å². The maximum absolute atomic E-state index is 12.8. The van der Waals surface area contributed by atoms with Crippen molar-refractivity contribution in [2.45, 2.75) is 20.3 Å². The van der Waals surface area contributed by atoms with Crippen LogP contribution < -0.4 is 0 Å². The lowest BCUT2D eigenvalue weighted by molar-refractivity contribution is -0.143. The van der Waals surface area contributed by atoms with E-state index in [2.05, 4.69) is 5.10 Å². The summed E-state index contributed by atoms with van der Waals surface area (Å²) in [6, 6.07) is 6.82. The lowest BCUT2D eigenvalue weighted by Gasteiger charge is -2.34. The lowest BCUT2D eigenvalue weighted by atomic mass is 9.90. The molecule has 1 N–H and O–H groups in total. The van der Waals surface area contributed by atoms with Crippen molar-refractivity contribution in [1.29, 1.82) is 0 Å². The number of nitrogens with zero attached hydrogens (tertiary/aromatic N) is 3. The Balaban J connectivity index is 1.87. The van der Waals surface area contributed by atoms with Gasteiger partial charge in [0.15, 0.2) is 5.69 Å². The summed E-state index contributed by atoms with van der Waals surface area (Å²) in [5, 5.41) is 14.5. The van der Waals surface area contributed by atoms with E-state index in [4.69, 9.17) is 23.2 Å². The Bertz CT molecular complexity index is 865. The Morgan fingerprint density at radius 3 is 2.58 bits per heavy atom. The van der Waals surface area contributed by atoms with Crippen LogP contribution in [0.2, 0.25) is 10.0 Å². The van der Waals surface area contributed by atoms with E-state index in [0.29, 0.717) is 28.7 Å². The molecule has 1 aromatic carbocycles. The molecule has 6 nitrogen and oxygen atoms in total. The molecule has 1 aliphatic rings. The molecule has 2 unspecified atom stereocenters. The molecular weight excluding hydrogens is 377 g/mol. The summed E-state index contributed by atoms with van der Waals surface area (Å²) in [6.07, 6.45) is 0.579. The summed E-state index contributed by atoms with van der Waals surface area (Å²) >= 11 is 12.0. The fourth-order valence-corrected chi connectivity index (χ4v) is 3.61. The van der Waals surface area contributed by atoms with E-state index in [1.807, 2.05) is 13.8 Å². The molecule has 138 valence electrons. The third-order valence-electron chi connectivity index (χ3n) is 4.55. The highest BCUT2D eigenvalue weighted by atomic mass is 35.5. The van der Waals surface area contributed by atoms with Crippen molar-refractivity contribution in [2.75, 3.05) is 13.1 Å². The molecular formula is C18H19Cl2N3O3. The Labute approximate surface area is 161 Å². The van der Waals surface area contributed by atoms with Gasteiger partial charge >= 0.3 is 5.97 Å². The second kappa shape index (κ2) is 7.29. The zero-order valence-corrected chi connectivity index (χ0v) is 16.0. The number of hydrogen-bond acceptors (Lipinski definition) is 3. The highest BCUT2D eigenvalue weighted by molar-refractivity contribution is 6.42. The first-order valence-corrected chi connectivity index (χ1v) is 9.06. The predicted octanol–water partition coefficient (Wildman–Crippen LogP) is 3.67. The summed E-state index contributed by atoms with van der Waals surface area (Å²) in [6.45, 7) is 4.53. The molecule has 1 aliphatic heterocycles. The molecule has 0 saturated carbocycles. The van der Waals surface area contributed by atoms with Crippen molar-refractivity contribution in [2.24, 2.45) is 11.8 Å². The molecule has 0 aliphatic carbocycles. The molecule has 1 amide bonds. The van der Waals surface area contributed by atoms with Crippen molar-refractivity contribution in [3.63, 3.8) is 0 Å². The number of aliphatic carboxylic acids is 1. The number of hydrogen-bond donors (Lipinski definition) is 1. The van der Waals surface area contributed by atoms with Gasteiger partial charge < -0.3 is 10.0 Å². The molecule has 2 aromatic rings. The smallest absolute Gasteiger partial charge is 0.308 e. The number of likely N-dealkylation sites (tertiary alicyclic amines) is 1. The summed E-state index contributed by atoms with van der Waals surface area (Å²) in [4.78, 5) is 25.7. The van der Waals surface area contributed by atoms with Gasteiger partial charge in [-0.1, -0.05) is 30.1 Å². The van der Waals surface area contributed by atoms with Crippen molar-refractivity contribution < 1.29 is 14.7 Å². The van der Waals surface area contributed by atoms with Crippen LogP contribution in [0.25, 0.3) is 5.69 Å². The minimum atomic E-state index is -0.869. The topological polar surface area (TPSA) is 75.4 Å². The van der Waals surface area contributed by atoms with E-state index >= 15 is 0 Å². The maximum Gasteiger partial charge on any atom is 0.308 e. The molecule has 0 bridgehead atoms. The molecule has 1 saturated heterocycles. The van der Waals surface area contributed by atoms with Gasteiger partial charge in [0, 0.05) is 18.8 Å². The van der Waals surface area contributed by atoms with Crippen molar-refractivity contribution >= 4 is 35.1 Å². The fourth-order valence-electron chi connectivity index (χ4n) is 3.32. The van der Waals surface area contributed by atoms with Crippen LogP contribution in [0.1, 0.15) is 29.5 Å². The largest absolute Gasteiger partial charge is 0.481 e. The summed E-state index contributed by atoms with van der Waals surface area (Å²) in [5.41, 5.74) is 1.75. The van der Waals surface area contributed by atoms with Crippen molar-refractivity contribution in [1.82, 2.24) is 14.7 Å². The quantitative estimate of drug-likeness (QED) is 0.859. The number of piperidine rings is 1. The van der Waals surface area contributed by atoms with Crippen LogP contribution in [0.5, 0.6) is 0 Å². The monoisotopic (exact) mass is 395 g/mol. The highest BCUT2D eigenvalue weighted by Crippen LogP contribution is 2.26. The molecule has 1 fully saturated rings. The zero-order chi connectivity index (χ0) is 19.0. The van der Waals surface area contributed by atoms with E-state index in [9.17, 15) is 14.7 Å². The van der Waals surface area contributed by atoms with Crippen LogP contribution in [-0.2, 0) is 4.79 Å². The number of carbonyl (C=O) groups excluding carboxylic acids is 1.